The molecule has 1 fully saturated rings. The third kappa shape index (κ3) is 3.23. The lowest BCUT2D eigenvalue weighted by Gasteiger charge is -2.35. The SMILES string of the molecule is COCCn1cc(C)nc1NC1(C)CCOCC1. The van der Waals surface area contributed by atoms with Crippen molar-refractivity contribution >= 4 is 5.95 Å². The smallest absolute Gasteiger partial charge is 0.203 e. The van der Waals surface area contributed by atoms with Crippen LogP contribution in [-0.2, 0) is 16.0 Å². The highest BCUT2D eigenvalue weighted by Crippen LogP contribution is 2.25. The Kier molecular flexibility index (Phi) is 4.24. The summed E-state index contributed by atoms with van der Waals surface area (Å²) in [4.78, 5) is 4.56. The second-order valence-corrected chi connectivity index (χ2v) is 5.19. The van der Waals surface area contributed by atoms with E-state index in [1.807, 2.05) is 6.92 Å². The van der Waals surface area contributed by atoms with E-state index in [-0.39, 0.29) is 5.54 Å². The van der Waals surface area contributed by atoms with Crippen LogP contribution in [0.2, 0.25) is 0 Å². The lowest BCUT2D eigenvalue weighted by atomic mass is 9.93. The summed E-state index contributed by atoms with van der Waals surface area (Å²) in [5.74, 6) is 0.939. The van der Waals surface area contributed by atoms with Gasteiger partial charge in [0.05, 0.1) is 12.3 Å². The molecule has 2 heterocycles. The Morgan fingerprint density at radius 3 is 2.89 bits per heavy atom. The molecule has 0 aliphatic carbocycles. The number of imidazole rings is 1. The molecule has 1 aliphatic rings. The average Bonchev–Trinajstić information content (AvgIpc) is 2.67. The minimum atomic E-state index is 0.0842. The Morgan fingerprint density at radius 1 is 1.50 bits per heavy atom. The first-order chi connectivity index (χ1) is 8.63. The molecule has 0 radical (unpaired) electrons. The molecule has 0 atom stereocenters. The largest absolute Gasteiger partial charge is 0.383 e. The summed E-state index contributed by atoms with van der Waals surface area (Å²) in [7, 11) is 1.72. The number of methoxy groups -OCH3 is 1. The van der Waals surface area contributed by atoms with Gasteiger partial charge in [0, 0.05) is 38.6 Å². The lowest BCUT2D eigenvalue weighted by molar-refractivity contribution is 0.0654. The predicted octanol–water partition coefficient (Wildman–Crippen LogP) is 1.82. The normalized spacial score (nSPS) is 18.8. The average molecular weight is 253 g/mol. The Bertz CT molecular complexity index is 384. The number of rotatable bonds is 5. The van der Waals surface area contributed by atoms with E-state index >= 15 is 0 Å². The minimum Gasteiger partial charge on any atom is -0.383 e. The maximum Gasteiger partial charge on any atom is 0.203 e. The van der Waals surface area contributed by atoms with E-state index in [1.165, 1.54) is 0 Å². The van der Waals surface area contributed by atoms with Crippen molar-refractivity contribution < 1.29 is 9.47 Å². The van der Waals surface area contributed by atoms with Crippen molar-refractivity contribution in [1.82, 2.24) is 9.55 Å². The summed E-state index contributed by atoms with van der Waals surface area (Å²) in [6.45, 7) is 7.42. The van der Waals surface area contributed by atoms with Crippen molar-refractivity contribution in [2.75, 3.05) is 32.2 Å². The number of hydrogen-bond donors (Lipinski definition) is 1. The molecule has 0 spiro atoms. The molecule has 1 aromatic rings. The van der Waals surface area contributed by atoms with Crippen LogP contribution in [0.25, 0.3) is 0 Å². The van der Waals surface area contributed by atoms with Crippen molar-refractivity contribution in [2.24, 2.45) is 0 Å². The van der Waals surface area contributed by atoms with Crippen molar-refractivity contribution in [1.29, 1.82) is 0 Å². The molecule has 5 heteroatoms. The number of hydrogen-bond acceptors (Lipinski definition) is 4. The molecule has 2 rings (SSSR count). The monoisotopic (exact) mass is 253 g/mol. The first-order valence-electron chi connectivity index (χ1n) is 6.52. The number of anilines is 1. The highest BCUT2D eigenvalue weighted by molar-refractivity contribution is 5.33. The summed E-state index contributed by atoms with van der Waals surface area (Å²) in [6, 6.07) is 0. The summed E-state index contributed by atoms with van der Waals surface area (Å²) in [5, 5.41) is 3.57. The fraction of sp³-hybridized carbons (Fsp3) is 0.769. The first-order valence-corrected chi connectivity index (χ1v) is 6.52. The number of ether oxygens (including phenoxy) is 2. The maximum absolute atomic E-state index is 5.42. The molecule has 1 N–H and O–H groups in total. The van der Waals surface area contributed by atoms with Crippen LogP contribution in [0, 0.1) is 6.92 Å². The van der Waals surface area contributed by atoms with Crippen LogP contribution >= 0.6 is 0 Å². The Balaban J connectivity index is 2.07. The Morgan fingerprint density at radius 2 is 2.22 bits per heavy atom. The molecule has 0 bridgehead atoms. The van der Waals surface area contributed by atoms with E-state index in [0.717, 1.165) is 44.2 Å². The summed E-state index contributed by atoms with van der Waals surface area (Å²) < 4.78 is 12.7. The van der Waals surface area contributed by atoms with Gasteiger partial charge in [0.2, 0.25) is 5.95 Å². The molecule has 1 saturated heterocycles. The van der Waals surface area contributed by atoms with Gasteiger partial charge in [-0.2, -0.15) is 0 Å². The highest BCUT2D eigenvalue weighted by Gasteiger charge is 2.28. The van der Waals surface area contributed by atoms with E-state index in [2.05, 4.69) is 28.0 Å². The van der Waals surface area contributed by atoms with Gasteiger partial charge in [0.15, 0.2) is 0 Å². The summed E-state index contributed by atoms with van der Waals surface area (Å²) >= 11 is 0. The highest BCUT2D eigenvalue weighted by atomic mass is 16.5. The number of aromatic nitrogens is 2. The van der Waals surface area contributed by atoms with Gasteiger partial charge in [0.1, 0.15) is 0 Å². The van der Waals surface area contributed by atoms with Gasteiger partial charge in [-0.25, -0.2) is 4.98 Å². The van der Waals surface area contributed by atoms with Gasteiger partial charge >= 0.3 is 0 Å². The topological polar surface area (TPSA) is 48.3 Å². The van der Waals surface area contributed by atoms with Crippen LogP contribution < -0.4 is 5.32 Å². The van der Waals surface area contributed by atoms with Gasteiger partial charge in [0.25, 0.3) is 0 Å². The van der Waals surface area contributed by atoms with E-state index in [4.69, 9.17) is 9.47 Å². The minimum absolute atomic E-state index is 0.0842. The van der Waals surface area contributed by atoms with Crippen molar-refractivity contribution in [2.45, 2.75) is 38.8 Å². The van der Waals surface area contributed by atoms with Crippen LogP contribution in [0.5, 0.6) is 0 Å². The zero-order chi connectivity index (χ0) is 13.0. The van der Waals surface area contributed by atoms with Crippen LogP contribution in [0.1, 0.15) is 25.5 Å². The quantitative estimate of drug-likeness (QED) is 0.869. The van der Waals surface area contributed by atoms with Crippen LogP contribution in [-0.4, -0.2) is 42.0 Å². The van der Waals surface area contributed by atoms with Gasteiger partial charge in [-0.3, -0.25) is 0 Å². The fourth-order valence-corrected chi connectivity index (χ4v) is 2.22. The number of aryl methyl sites for hydroxylation is 1. The maximum atomic E-state index is 5.42. The Labute approximate surface area is 108 Å². The molecular formula is C13H23N3O2. The molecule has 0 amide bonds. The molecule has 102 valence electrons. The van der Waals surface area contributed by atoms with Crippen LogP contribution in [0.3, 0.4) is 0 Å². The van der Waals surface area contributed by atoms with Gasteiger partial charge in [-0.05, 0) is 26.7 Å². The van der Waals surface area contributed by atoms with Crippen molar-refractivity contribution in [3.05, 3.63) is 11.9 Å². The van der Waals surface area contributed by atoms with E-state index in [0.29, 0.717) is 6.61 Å². The summed E-state index contributed by atoms with van der Waals surface area (Å²) in [5.41, 5.74) is 1.12. The number of nitrogens with one attached hydrogen (secondary N) is 1. The third-order valence-electron chi connectivity index (χ3n) is 3.44. The second kappa shape index (κ2) is 5.71. The van der Waals surface area contributed by atoms with Crippen molar-refractivity contribution in [3.8, 4) is 0 Å². The fourth-order valence-electron chi connectivity index (χ4n) is 2.22. The third-order valence-corrected chi connectivity index (χ3v) is 3.44. The number of nitrogens with zero attached hydrogens (tertiary/aromatic N) is 2. The lowest BCUT2D eigenvalue weighted by Crippen LogP contribution is -2.41. The Hall–Kier alpha value is -1.07. The standard InChI is InChI=1S/C13H23N3O2/c1-11-10-16(6-9-17-3)12(14-11)15-13(2)4-7-18-8-5-13/h10H,4-9H2,1-3H3,(H,14,15). The van der Waals surface area contributed by atoms with Gasteiger partial charge in [-0.15, -0.1) is 0 Å². The second-order valence-electron chi connectivity index (χ2n) is 5.19. The molecule has 0 unspecified atom stereocenters. The molecule has 1 aliphatic heterocycles. The predicted molar refractivity (Wildman–Crippen MR) is 70.9 cm³/mol. The zero-order valence-electron chi connectivity index (χ0n) is 11.5. The summed E-state index contributed by atoms with van der Waals surface area (Å²) in [6.07, 6.45) is 4.09. The van der Waals surface area contributed by atoms with Crippen LogP contribution in [0.4, 0.5) is 5.95 Å². The van der Waals surface area contributed by atoms with Gasteiger partial charge < -0.3 is 19.4 Å². The van der Waals surface area contributed by atoms with Crippen LogP contribution in [0.15, 0.2) is 6.20 Å². The van der Waals surface area contributed by atoms with E-state index in [1.54, 1.807) is 7.11 Å². The zero-order valence-corrected chi connectivity index (χ0v) is 11.5. The van der Waals surface area contributed by atoms with Crippen molar-refractivity contribution in [3.63, 3.8) is 0 Å². The molecule has 0 saturated carbocycles. The molecule has 0 aromatic carbocycles. The molecule has 1 aromatic heterocycles. The molecule has 18 heavy (non-hydrogen) atoms. The molecule has 5 nitrogen and oxygen atoms in total. The molecular weight excluding hydrogens is 230 g/mol. The van der Waals surface area contributed by atoms with E-state index in [9.17, 15) is 0 Å². The van der Waals surface area contributed by atoms with Gasteiger partial charge in [-0.1, -0.05) is 0 Å². The first kappa shape index (κ1) is 13.4. The van der Waals surface area contributed by atoms with E-state index < -0.39 is 0 Å².